The molecule has 0 saturated carbocycles. The third-order valence-electron chi connectivity index (χ3n) is 8.62. The van der Waals surface area contributed by atoms with E-state index in [4.69, 9.17) is 28.4 Å². The van der Waals surface area contributed by atoms with Crippen LogP contribution in [0, 0.1) is 10.1 Å². The Hall–Kier alpha value is -5.01. The molecule has 52 heavy (non-hydrogen) atoms. The van der Waals surface area contributed by atoms with E-state index >= 15 is 0 Å². The van der Waals surface area contributed by atoms with Gasteiger partial charge in [-0.05, 0) is 28.3 Å². The molecule has 0 bridgehead atoms. The average Bonchev–Trinajstić information content (AvgIpc) is 3.59. The molecule has 1 aliphatic heterocycles. The van der Waals surface area contributed by atoms with Gasteiger partial charge < -0.3 is 28.4 Å². The highest BCUT2D eigenvalue weighted by Crippen LogP contribution is 2.36. The van der Waals surface area contributed by atoms with Gasteiger partial charge in [0.25, 0.3) is 10.9 Å². The Balaban J connectivity index is 1.23. The smallest absolute Gasteiger partial charge is 0.276 e. The zero-order valence-electron chi connectivity index (χ0n) is 28.3. The van der Waals surface area contributed by atoms with Gasteiger partial charge in [0.15, 0.2) is 0 Å². The second kappa shape index (κ2) is 17.5. The van der Waals surface area contributed by atoms with Crippen LogP contribution in [0.2, 0.25) is 0 Å². The summed E-state index contributed by atoms with van der Waals surface area (Å²) in [5.74, 6) is 0. The average molecular weight is 719 g/mol. The van der Waals surface area contributed by atoms with Crippen molar-refractivity contribution in [2.75, 3.05) is 6.61 Å². The van der Waals surface area contributed by atoms with Crippen LogP contribution < -0.4 is 4.74 Å². The lowest BCUT2D eigenvalue weighted by Crippen LogP contribution is -2.62. The summed E-state index contributed by atoms with van der Waals surface area (Å²) in [6.07, 6.45) is -3.71. The van der Waals surface area contributed by atoms with E-state index in [0.29, 0.717) is 23.4 Å². The molecule has 266 valence electrons. The molecule has 1 saturated heterocycles. The predicted octanol–water partition coefficient (Wildman–Crippen LogP) is 8.28. The highest BCUT2D eigenvalue weighted by atomic mass is 32.1. The van der Waals surface area contributed by atoms with Crippen LogP contribution in [-0.4, -0.2) is 47.2 Å². The monoisotopic (exact) mass is 718 g/mol. The van der Waals surface area contributed by atoms with Gasteiger partial charge in [0.2, 0.25) is 6.29 Å². The van der Waals surface area contributed by atoms with Crippen molar-refractivity contribution in [1.29, 1.82) is 0 Å². The summed E-state index contributed by atoms with van der Waals surface area (Å²) in [4.78, 5) is 15.7. The fraction of sp³-hybridized carbons (Fsp3) is 0.244. The second-order valence-electron chi connectivity index (χ2n) is 12.3. The van der Waals surface area contributed by atoms with Crippen molar-refractivity contribution in [3.05, 3.63) is 172 Å². The number of ether oxygens (including phenoxy) is 6. The Morgan fingerprint density at radius 1 is 0.635 bits per heavy atom. The SMILES string of the molecule is O=[N+]([O-])c1ccc2nc(O[C@H]3O[C@H](COCc4ccccc4)[C@@H](OCc4ccccc4)[C@H](OCc4ccccc4)[C@@H]3OCc3ccccc3)sc2c1. The molecular formula is C41H38N2O8S. The summed E-state index contributed by atoms with van der Waals surface area (Å²) in [5, 5.41) is 11.8. The maximum atomic E-state index is 11.5. The lowest BCUT2D eigenvalue weighted by Gasteiger charge is -2.45. The summed E-state index contributed by atoms with van der Waals surface area (Å²) in [5.41, 5.74) is 4.52. The summed E-state index contributed by atoms with van der Waals surface area (Å²) in [6, 6.07) is 44.2. The number of hydrogen-bond donors (Lipinski definition) is 0. The summed E-state index contributed by atoms with van der Waals surface area (Å²) in [7, 11) is 0. The maximum absolute atomic E-state index is 11.5. The van der Waals surface area contributed by atoms with Gasteiger partial charge in [0.05, 0.1) is 48.2 Å². The van der Waals surface area contributed by atoms with E-state index in [-0.39, 0.29) is 30.7 Å². The van der Waals surface area contributed by atoms with Gasteiger partial charge in [-0.3, -0.25) is 10.1 Å². The molecule has 10 nitrogen and oxygen atoms in total. The molecule has 0 aliphatic carbocycles. The van der Waals surface area contributed by atoms with Gasteiger partial charge in [-0.25, -0.2) is 4.98 Å². The van der Waals surface area contributed by atoms with E-state index in [1.807, 2.05) is 121 Å². The number of benzene rings is 5. The largest absolute Gasteiger partial charge is 0.437 e. The zero-order chi connectivity index (χ0) is 35.5. The van der Waals surface area contributed by atoms with Gasteiger partial charge in [-0.1, -0.05) is 133 Å². The van der Waals surface area contributed by atoms with Crippen molar-refractivity contribution in [2.24, 2.45) is 0 Å². The van der Waals surface area contributed by atoms with Crippen LogP contribution >= 0.6 is 11.3 Å². The normalized spacial score (nSPS) is 20.1. The summed E-state index contributed by atoms with van der Waals surface area (Å²) >= 11 is 1.20. The number of fused-ring (bicyclic) bond motifs is 1. The van der Waals surface area contributed by atoms with Gasteiger partial charge in [-0.15, -0.1) is 0 Å². The van der Waals surface area contributed by atoms with E-state index in [1.54, 1.807) is 6.07 Å². The molecule has 1 aromatic heterocycles. The zero-order valence-corrected chi connectivity index (χ0v) is 29.1. The van der Waals surface area contributed by atoms with Crippen LogP contribution in [0.5, 0.6) is 5.19 Å². The molecule has 5 atom stereocenters. The van der Waals surface area contributed by atoms with E-state index in [0.717, 1.165) is 22.3 Å². The molecule has 7 rings (SSSR count). The van der Waals surface area contributed by atoms with Gasteiger partial charge in [0, 0.05) is 12.1 Å². The van der Waals surface area contributed by atoms with Crippen LogP contribution in [0.1, 0.15) is 22.3 Å². The lowest BCUT2D eigenvalue weighted by atomic mass is 9.97. The Kier molecular flexibility index (Phi) is 11.9. The van der Waals surface area contributed by atoms with E-state index < -0.39 is 35.6 Å². The molecule has 0 unspecified atom stereocenters. The fourth-order valence-electron chi connectivity index (χ4n) is 6.00. The van der Waals surface area contributed by atoms with Crippen molar-refractivity contribution in [3.8, 4) is 5.19 Å². The Morgan fingerprint density at radius 3 is 1.67 bits per heavy atom. The molecule has 0 amide bonds. The number of rotatable bonds is 16. The van der Waals surface area contributed by atoms with Crippen LogP contribution in [0.15, 0.2) is 140 Å². The van der Waals surface area contributed by atoms with E-state index in [2.05, 4.69) is 4.98 Å². The number of nitro groups is 1. The fourth-order valence-corrected chi connectivity index (χ4v) is 6.87. The number of nitro benzene ring substituents is 1. The van der Waals surface area contributed by atoms with Crippen LogP contribution in [0.25, 0.3) is 10.2 Å². The van der Waals surface area contributed by atoms with Gasteiger partial charge in [0.1, 0.15) is 24.4 Å². The standard InChI is InChI=1S/C41H38N2O8S/c44-43(45)33-21-22-34-36(23-33)52-41(42-34)51-40-39(49-27-32-19-11-4-12-20-32)38(48-26-31-17-9-3-10-18-31)37(47-25-30-15-7-2-8-16-30)35(50-40)28-46-24-29-13-5-1-6-14-29/h1-23,35,37-40H,24-28H2/t35-,37-,38+,39+,40-/m1/s1. The highest BCUT2D eigenvalue weighted by molar-refractivity contribution is 7.20. The van der Waals surface area contributed by atoms with Crippen molar-refractivity contribution >= 4 is 27.2 Å². The maximum Gasteiger partial charge on any atom is 0.276 e. The highest BCUT2D eigenvalue weighted by Gasteiger charge is 2.50. The second-order valence-corrected chi connectivity index (χ2v) is 13.3. The number of aromatic nitrogens is 1. The van der Waals surface area contributed by atoms with Crippen molar-refractivity contribution in [2.45, 2.75) is 57.1 Å². The van der Waals surface area contributed by atoms with Crippen LogP contribution in [0.4, 0.5) is 5.69 Å². The van der Waals surface area contributed by atoms with Crippen LogP contribution in [-0.2, 0) is 50.1 Å². The first-order valence-electron chi connectivity index (χ1n) is 17.0. The molecule has 1 fully saturated rings. The minimum absolute atomic E-state index is 0.0240. The number of nitrogens with zero attached hydrogens (tertiary/aromatic N) is 2. The molecular weight excluding hydrogens is 681 g/mol. The van der Waals surface area contributed by atoms with E-state index in [1.165, 1.54) is 23.5 Å². The molecule has 0 N–H and O–H groups in total. The van der Waals surface area contributed by atoms with Crippen molar-refractivity contribution in [1.82, 2.24) is 4.98 Å². The van der Waals surface area contributed by atoms with Crippen molar-refractivity contribution in [3.63, 3.8) is 0 Å². The molecule has 2 heterocycles. The number of hydrogen-bond acceptors (Lipinski definition) is 10. The van der Waals surface area contributed by atoms with Crippen molar-refractivity contribution < 1.29 is 33.3 Å². The molecule has 1 aliphatic rings. The molecule has 6 aromatic rings. The number of thiazole rings is 1. The minimum Gasteiger partial charge on any atom is -0.437 e. The lowest BCUT2D eigenvalue weighted by molar-refractivity contribution is -0.384. The molecule has 0 spiro atoms. The van der Waals surface area contributed by atoms with Gasteiger partial charge in [-0.2, -0.15) is 0 Å². The van der Waals surface area contributed by atoms with Gasteiger partial charge >= 0.3 is 0 Å². The first-order valence-corrected chi connectivity index (χ1v) is 17.9. The summed E-state index contributed by atoms with van der Waals surface area (Å²) in [6.45, 7) is 1.40. The topological polar surface area (TPSA) is 111 Å². The predicted molar refractivity (Wildman–Crippen MR) is 197 cm³/mol. The first kappa shape index (κ1) is 35.4. The molecule has 11 heteroatoms. The third-order valence-corrected chi connectivity index (χ3v) is 9.53. The Morgan fingerprint density at radius 2 is 1.13 bits per heavy atom. The Bertz CT molecular complexity index is 2000. The van der Waals surface area contributed by atoms with Crippen LogP contribution in [0.3, 0.4) is 0 Å². The summed E-state index contributed by atoms with van der Waals surface area (Å²) < 4.78 is 40.3. The molecule has 0 radical (unpaired) electrons. The van der Waals surface area contributed by atoms with E-state index in [9.17, 15) is 10.1 Å². The number of non-ortho nitro benzene ring substituents is 1. The molecule has 5 aromatic carbocycles. The third kappa shape index (κ3) is 9.25. The quantitative estimate of drug-likeness (QED) is 0.0721. The minimum atomic E-state index is -0.998. The first-order chi connectivity index (χ1) is 25.6. The Labute approximate surface area is 305 Å².